The third kappa shape index (κ3) is 4.74. The van der Waals surface area contributed by atoms with E-state index in [-0.39, 0.29) is 6.61 Å². The van der Waals surface area contributed by atoms with Crippen molar-refractivity contribution in [2.75, 3.05) is 13.7 Å². The van der Waals surface area contributed by atoms with Crippen molar-refractivity contribution in [3.05, 3.63) is 94.4 Å². The molecule has 37 heavy (non-hydrogen) atoms. The summed E-state index contributed by atoms with van der Waals surface area (Å²) >= 11 is 0. The van der Waals surface area contributed by atoms with Crippen molar-refractivity contribution >= 4 is 35.1 Å². The molecule has 0 saturated heterocycles. The van der Waals surface area contributed by atoms with E-state index >= 15 is 0 Å². The van der Waals surface area contributed by atoms with E-state index in [0.717, 1.165) is 5.56 Å². The van der Waals surface area contributed by atoms with Gasteiger partial charge < -0.3 is 23.7 Å². The third-order valence-corrected chi connectivity index (χ3v) is 5.77. The molecule has 0 amide bonds. The first kappa shape index (κ1) is 24.0. The average Bonchev–Trinajstić information content (AvgIpc) is 3.38. The zero-order chi connectivity index (χ0) is 25.9. The maximum atomic E-state index is 12.7. The normalized spacial score (nSPS) is 14.8. The van der Waals surface area contributed by atoms with Crippen LogP contribution in [0.5, 0.6) is 17.2 Å². The van der Waals surface area contributed by atoms with Crippen molar-refractivity contribution in [2.24, 2.45) is 0 Å². The molecule has 0 aliphatic carbocycles. The predicted molar refractivity (Wildman–Crippen MR) is 133 cm³/mol. The highest BCUT2D eigenvalue weighted by molar-refractivity contribution is 6.20. The smallest absolute Gasteiger partial charge is 0.376 e. The molecule has 3 aromatic carbocycles. The zero-order valence-corrected chi connectivity index (χ0v) is 20.1. The Bertz CT molecular complexity index is 1550. The fourth-order valence-corrected chi connectivity index (χ4v) is 4.09. The molecule has 8 nitrogen and oxygen atoms in total. The SMILES string of the molecule is CCOC(=O)C(OC)Oc1cccc(C=CC2=c3cc4c(cc3OC2=O)=C(c2ccccc2)C(=O)O4)c1. The van der Waals surface area contributed by atoms with Crippen LogP contribution in [-0.2, 0) is 23.9 Å². The fraction of sp³-hybridized carbons (Fsp3) is 0.138. The van der Waals surface area contributed by atoms with Gasteiger partial charge in [0.15, 0.2) is 0 Å². The van der Waals surface area contributed by atoms with Crippen LogP contribution in [-0.4, -0.2) is 37.9 Å². The Morgan fingerprint density at radius 2 is 1.62 bits per heavy atom. The van der Waals surface area contributed by atoms with Crippen LogP contribution in [0.4, 0.5) is 0 Å². The van der Waals surface area contributed by atoms with Crippen LogP contribution in [0.2, 0.25) is 0 Å². The molecule has 8 heteroatoms. The molecule has 0 bridgehead atoms. The van der Waals surface area contributed by atoms with Crippen molar-refractivity contribution in [1.82, 2.24) is 0 Å². The quantitative estimate of drug-likeness (QED) is 0.266. The van der Waals surface area contributed by atoms with Crippen LogP contribution in [0, 0.1) is 0 Å². The Kier molecular flexibility index (Phi) is 6.57. The van der Waals surface area contributed by atoms with Crippen molar-refractivity contribution in [2.45, 2.75) is 13.2 Å². The van der Waals surface area contributed by atoms with Gasteiger partial charge >= 0.3 is 17.9 Å². The molecule has 3 aromatic rings. The number of esters is 3. The second-order valence-corrected chi connectivity index (χ2v) is 8.12. The Morgan fingerprint density at radius 1 is 0.892 bits per heavy atom. The van der Waals surface area contributed by atoms with Crippen LogP contribution < -0.4 is 24.6 Å². The van der Waals surface area contributed by atoms with Crippen molar-refractivity contribution in [3.8, 4) is 17.2 Å². The first-order chi connectivity index (χ1) is 18.0. The van der Waals surface area contributed by atoms with Gasteiger partial charge in [-0.1, -0.05) is 48.5 Å². The van der Waals surface area contributed by atoms with Gasteiger partial charge in [-0.3, -0.25) is 0 Å². The van der Waals surface area contributed by atoms with E-state index in [2.05, 4.69) is 0 Å². The van der Waals surface area contributed by atoms with E-state index in [0.29, 0.717) is 44.4 Å². The first-order valence-corrected chi connectivity index (χ1v) is 11.5. The van der Waals surface area contributed by atoms with Gasteiger partial charge in [0.1, 0.15) is 17.2 Å². The molecule has 1 unspecified atom stereocenters. The number of fused-ring (bicyclic) bond motifs is 2. The van der Waals surface area contributed by atoms with Gasteiger partial charge in [0.05, 0.1) is 17.8 Å². The van der Waals surface area contributed by atoms with Crippen LogP contribution in [0.1, 0.15) is 18.1 Å². The number of hydrogen-bond acceptors (Lipinski definition) is 8. The molecule has 2 aliphatic rings. The van der Waals surface area contributed by atoms with Gasteiger partial charge in [-0.25, -0.2) is 14.4 Å². The summed E-state index contributed by atoms with van der Waals surface area (Å²) in [6.07, 6.45) is 2.13. The molecular formula is C29H22O8. The lowest BCUT2D eigenvalue weighted by Crippen LogP contribution is -2.31. The molecule has 1 atom stereocenters. The highest BCUT2D eigenvalue weighted by Gasteiger charge is 2.29. The molecule has 0 radical (unpaired) electrons. The van der Waals surface area contributed by atoms with Gasteiger partial charge in [-0.15, -0.1) is 0 Å². The number of methoxy groups -OCH3 is 1. The lowest BCUT2D eigenvalue weighted by molar-refractivity contribution is -0.172. The lowest BCUT2D eigenvalue weighted by Gasteiger charge is -2.15. The second-order valence-electron chi connectivity index (χ2n) is 8.12. The molecular weight excluding hydrogens is 476 g/mol. The second kappa shape index (κ2) is 10.1. The number of ether oxygens (including phenoxy) is 5. The van der Waals surface area contributed by atoms with Crippen LogP contribution in [0.15, 0.2) is 72.8 Å². The Labute approximate surface area is 212 Å². The highest BCUT2D eigenvalue weighted by Crippen LogP contribution is 2.25. The number of rotatable bonds is 8. The third-order valence-electron chi connectivity index (χ3n) is 5.77. The molecule has 0 saturated carbocycles. The largest absolute Gasteiger partial charge is 0.461 e. The van der Waals surface area contributed by atoms with Gasteiger partial charge in [0.2, 0.25) is 0 Å². The summed E-state index contributed by atoms with van der Waals surface area (Å²) in [6.45, 7) is 1.90. The zero-order valence-electron chi connectivity index (χ0n) is 20.1. The van der Waals surface area contributed by atoms with Crippen molar-refractivity contribution in [3.63, 3.8) is 0 Å². The van der Waals surface area contributed by atoms with E-state index in [4.69, 9.17) is 23.7 Å². The average molecular weight is 498 g/mol. The summed E-state index contributed by atoms with van der Waals surface area (Å²) in [5.41, 5.74) is 2.17. The van der Waals surface area contributed by atoms with E-state index in [1.165, 1.54) is 7.11 Å². The van der Waals surface area contributed by atoms with E-state index in [1.807, 2.05) is 36.4 Å². The minimum atomic E-state index is -1.20. The molecule has 0 spiro atoms. The summed E-state index contributed by atoms with van der Waals surface area (Å²) in [6, 6.07) is 19.4. The Hall–Kier alpha value is -4.69. The Morgan fingerprint density at radius 3 is 2.38 bits per heavy atom. The summed E-state index contributed by atoms with van der Waals surface area (Å²) in [5.74, 6) is -0.502. The summed E-state index contributed by atoms with van der Waals surface area (Å²) in [4.78, 5) is 37.2. The van der Waals surface area contributed by atoms with Crippen LogP contribution in [0.3, 0.4) is 0 Å². The maximum absolute atomic E-state index is 12.7. The van der Waals surface area contributed by atoms with E-state index < -0.39 is 24.2 Å². The summed E-state index contributed by atoms with van der Waals surface area (Å²) in [5, 5.41) is 1.10. The lowest BCUT2D eigenvalue weighted by atomic mass is 10.0. The van der Waals surface area contributed by atoms with Gasteiger partial charge in [-0.2, -0.15) is 0 Å². The number of carbonyl (C=O) groups excluding carboxylic acids is 3. The topological polar surface area (TPSA) is 97.4 Å². The number of hydrogen-bond donors (Lipinski definition) is 0. The van der Waals surface area contributed by atoms with Gasteiger partial charge in [0.25, 0.3) is 6.29 Å². The Balaban J connectivity index is 1.47. The van der Waals surface area contributed by atoms with E-state index in [1.54, 1.807) is 49.4 Å². The summed E-state index contributed by atoms with van der Waals surface area (Å²) < 4.78 is 26.6. The minimum Gasteiger partial charge on any atom is -0.461 e. The molecule has 5 rings (SSSR count). The van der Waals surface area contributed by atoms with Crippen molar-refractivity contribution < 1.29 is 38.1 Å². The maximum Gasteiger partial charge on any atom is 0.376 e. The number of carbonyl (C=O) groups is 3. The molecule has 0 aromatic heterocycles. The summed E-state index contributed by atoms with van der Waals surface area (Å²) in [7, 11) is 1.35. The molecule has 2 aliphatic heterocycles. The number of benzene rings is 3. The minimum absolute atomic E-state index is 0.203. The fourth-order valence-electron chi connectivity index (χ4n) is 4.09. The highest BCUT2D eigenvalue weighted by atomic mass is 16.7. The standard InChI is InChI=1S/C29H22O8/c1-3-34-28(32)29(33-2)35-19-11-7-8-17(14-19)12-13-20-21-15-24-22(16-23(21)36-26(20)30)25(27(31)37-24)18-9-5-4-6-10-18/h4-16,29H,3H2,1-2H3. The molecule has 0 fully saturated rings. The van der Waals surface area contributed by atoms with E-state index in [9.17, 15) is 14.4 Å². The van der Waals surface area contributed by atoms with Crippen molar-refractivity contribution in [1.29, 1.82) is 0 Å². The van der Waals surface area contributed by atoms with Crippen LogP contribution >= 0.6 is 0 Å². The first-order valence-electron chi connectivity index (χ1n) is 11.5. The molecule has 2 heterocycles. The molecule has 0 N–H and O–H groups in total. The van der Waals surface area contributed by atoms with Gasteiger partial charge in [-0.05, 0) is 48.4 Å². The molecule has 186 valence electrons. The van der Waals surface area contributed by atoms with Crippen LogP contribution in [0.25, 0.3) is 17.2 Å². The van der Waals surface area contributed by atoms with Gasteiger partial charge in [0, 0.05) is 17.5 Å². The predicted octanol–water partition coefficient (Wildman–Crippen LogP) is 2.50. The monoisotopic (exact) mass is 498 g/mol.